The van der Waals surface area contributed by atoms with Gasteiger partial charge in [0.15, 0.2) is 5.84 Å². The van der Waals surface area contributed by atoms with Crippen molar-refractivity contribution < 1.29 is 23.1 Å². The lowest BCUT2D eigenvalue weighted by atomic mass is 10.1. The van der Waals surface area contributed by atoms with Gasteiger partial charge in [-0.05, 0) is 23.1 Å². The fraction of sp³-hybridized carbons (Fsp3) is 0.222. The lowest BCUT2D eigenvalue weighted by Gasteiger charge is -2.27. The number of hydrogen-bond donors (Lipinski definition) is 3. The number of ether oxygens (including phenoxy) is 1. The first-order valence-corrected chi connectivity index (χ1v) is 14.9. The molecular formula is C27H25N5O6S2. The molecule has 0 unspecified atom stereocenters. The van der Waals surface area contributed by atoms with E-state index in [4.69, 9.17) is 4.74 Å². The Bertz CT molecular complexity index is 1810. The number of anilines is 1. The molecular weight excluding hydrogens is 554 g/mol. The Balaban J connectivity index is 1.36. The second-order valence-electron chi connectivity index (χ2n) is 9.33. The molecule has 13 heteroatoms. The summed E-state index contributed by atoms with van der Waals surface area (Å²) in [6, 6.07) is 15.9. The van der Waals surface area contributed by atoms with Crippen LogP contribution in [0.2, 0.25) is 0 Å². The third-order valence-corrected chi connectivity index (χ3v) is 9.29. The average Bonchev–Trinajstić information content (AvgIpc) is 3.39. The fourth-order valence-electron chi connectivity index (χ4n) is 4.85. The van der Waals surface area contributed by atoms with E-state index in [0.29, 0.717) is 42.8 Å². The molecule has 3 N–H and O–H groups in total. The summed E-state index contributed by atoms with van der Waals surface area (Å²) in [4.78, 5) is 27.8. The van der Waals surface area contributed by atoms with Crippen LogP contribution in [0.25, 0.3) is 10.9 Å². The van der Waals surface area contributed by atoms with Crippen LogP contribution in [0.1, 0.15) is 16.7 Å². The van der Waals surface area contributed by atoms with Crippen molar-refractivity contribution in [1.29, 1.82) is 0 Å². The maximum Gasteiger partial charge on any atom is 0.317 e. The van der Waals surface area contributed by atoms with Crippen LogP contribution in [-0.4, -0.2) is 61.2 Å². The van der Waals surface area contributed by atoms with Gasteiger partial charge >= 0.3 is 6.03 Å². The number of thiophene rings is 1. The standard InChI is InChI=1S/C27H25N5O6S2/c33-22-19-8-4-5-9-20(19)32(15-17-6-2-1-3-7-17)26(34)21(22)24-29-25-23(40(36,37)30-24)18(16-39-25)14-28-27(35)31-10-12-38-13-11-31/h1-9,16,33H,10-15H2,(H,28,35)(H,29,30). The number of para-hydroxylation sites is 1. The Kier molecular flexibility index (Phi) is 6.78. The third-order valence-electron chi connectivity index (χ3n) is 6.81. The number of amidine groups is 1. The number of pyridine rings is 1. The molecule has 0 radical (unpaired) electrons. The molecule has 0 bridgehead atoms. The van der Waals surface area contributed by atoms with Gasteiger partial charge < -0.3 is 29.9 Å². The van der Waals surface area contributed by atoms with Crippen LogP contribution in [0.5, 0.6) is 5.75 Å². The van der Waals surface area contributed by atoms with Crippen LogP contribution in [0, 0.1) is 0 Å². The summed E-state index contributed by atoms with van der Waals surface area (Å²) < 4.78 is 37.5. The molecule has 1 fully saturated rings. The number of sulfonamides is 1. The Labute approximate surface area is 233 Å². The van der Waals surface area contributed by atoms with Crippen molar-refractivity contribution in [1.82, 2.24) is 14.8 Å². The number of amides is 2. The molecule has 40 heavy (non-hydrogen) atoms. The summed E-state index contributed by atoms with van der Waals surface area (Å²) in [5.41, 5.74) is 0.925. The maximum absolute atomic E-state index is 13.8. The van der Waals surface area contributed by atoms with E-state index in [0.717, 1.165) is 16.9 Å². The van der Waals surface area contributed by atoms with Gasteiger partial charge in [-0.25, -0.2) is 4.79 Å². The Morgan fingerprint density at radius 2 is 1.82 bits per heavy atom. The van der Waals surface area contributed by atoms with Gasteiger partial charge in [0, 0.05) is 30.6 Å². The van der Waals surface area contributed by atoms with Crippen LogP contribution < -0.4 is 16.2 Å². The van der Waals surface area contributed by atoms with Gasteiger partial charge in [0.2, 0.25) is 0 Å². The van der Waals surface area contributed by atoms with E-state index in [1.54, 1.807) is 34.5 Å². The molecule has 2 aliphatic rings. The number of aromatic nitrogens is 1. The van der Waals surface area contributed by atoms with Crippen molar-refractivity contribution >= 4 is 49.1 Å². The summed E-state index contributed by atoms with van der Waals surface area (Å²) in [6.07, 6.45) is 0. The smallest absolute Gasteiger partial charge is 0.317 e. The lowest BCUT2D eigenvalue weighted by Crippen LogP contribution is -2.46. The molecule has 2 aromatic heterocycles. The number of benzene rings is 2. The van der Waals surface area contributed by atoms with E-state index in [-0.39, 0.29) is 46.2 Å². The number of rotatable bonds is 5. The number of aromatic hydroxyl groups is 1. The van der Waals surface area contributed by atoms with Crippen molar-refractivity contribution in [2.75, 3.05) is 31.6 Å². The second-order valence-corrected chi connectivity index (χ2v) is 11.8. The van der Waals surface area contributed by atoms with Crippen molar-refractivity contribution in [2.24, 2.45) is 4.40 Å². The molecule has 0 aliphatic carbocycles. The van der Waals surface area contributed by atoms with Crippen molar-refractivity contribution in [2.45, 2.75) is 18.0 Å². The number of carbonyl (C=O) groups is 1. The topological polar surface area (TPSA) is 142 Å². The predicted molar refractivity (Wildman–Crippen MR) is 152 cm³/mol. The summed E-state index contributed by atoms with van der Waals surface area (Å²) in [5.74, 6) is -0.613. The van der Waals surface area contributed by atoms with E-state index in [9.17, 15) is 23.1 Å². The normalized spacial score (nSPS) is 16.2. The lowest BCUT2D eigenvalue weighted by molar-refractivity contribution is 0.0531. The van der Waals surface area contributed by atoms with Gasteiger partial charge in [-0.1, -0.05) is 42.5 Å². The zero-order valence-corrected chi connectivity index (χ0v) is 22.8. The van der Waals surface area contributed by atoms with Crippen LogP contribution in [0.4, 0.5) is 9.80 Å². The molecule has 4 aromatic rings. The van der Waals surface area contributed by atoms with Crippen LogP contribution >= 0.6 is 11.3 Å². The van der Waals surface area contributed by atoms with Crippen LogP contribution in [-0.2, 0) is 27.8 Å². The molecule has 2 amide bonds. The highest BCUT2D eigenvalue weighted by molar-refractivity contribution is 7.90. The zero-order valence-electron chi connectivity index (χ0n) is 21.2. The van der Waals surface area contributed by atoms with Crippen molar-refractivity contribution in [3.8, 4) is 5.75 Å². The molecule has 2 aromatic carbocycles. The second kappa shape index (κ2) is 10.4. The molecule has 206 valence electrons. The van der Waals surface area contributed by atoms with Gasteiger partial charge in [0.05, 0.1) is 25.3 Å². The quantitative estimate of drug-likeness (QED) is 0.330. The maximum atomic E-state index is 13.8. The van der Waals surface area contributed by atoms with Gasteiger partial charge in [0.1, 0.15) is 21.2 Å². The predicted octanol–water partition coefficient (Wildman–Crippen LogP) is 2.92. The highest BCUT2D eigenvalue weighted by Crippen LogP contribution is 2.38. The Morgan fingerprint density at radius 1 is 1.10 bits per heavy atom. The van der Waals surface area contributed by atoms with Gasteiger partial charge in [-0.2, -0.15) is 8.42 Å². The van der Waals surface area contributed by atoms with E-state index >= 15 is 0 Å². The van der Waals surface area contributed by atoms with Crippen molar-refractivity contribution in [3.05, 3.63) is 87.0 Å². The Hall–Kier alpha value is -4.20. The fourth-order valence-corrected chi connectivity index (χ4v) is 7.46. The Morgan fingerprint density at radius 3 is 2.60 bits per heavy atom. The minimum absolute atomic E-state index is 0.0150. The summed E-state index contributed by atoms with van der Waals surface area (Å²) in [5, 5.41) is 19.2. The number of carbonyl (C=O) groups excluding carboxylic acids is 1. The average molecular weight is 580 g/mol. The van der Waals surface area contributed by atoms with E-state index in [1.165, 1.54) is 4.57 Å². The number of urea groups is 1. The molecule has 0 atom stereocenters. The molecule has 0 spiro atoms. The van der Waals surface area contributed by atoms with E-state index < -0.39 is 15.6 Å². The number of fused-ring (bicyclic) bond motifs is 2. The summed E-state index contributed by atoms with van der Waals surface area (Å²) in [7, 11) is -4.27. The highest BCUT2D eigenvalue weighted by atomic mass is 32.2. The van der Waals surface area contributed by atoms with Gasteiger partial charge in [0.25, 0.3) is 15.6 Å². The van der Waals surface area contributed by atoms with E-state index in [1.807, 2.05) is 30.3 Å². The van der Waals surface area contributed by atoms with Crippen LogP contribution in [0.3, 0.4) is 0 Å². The highest BCUT2D eigenvalue weighted by Gasteiger charge is 2.33. The minimum Gasteiger partial charge on any atom is -0.506 e. The molecule has 4 heterocycles. The molecule has 1 saturated heterocycles. The molecule has 0 saturated carbocycles. The summed E-state index contributed by atoms with van der Waals surface area (Å²) in [6.45, 7) is 2.01. The number of morpholine rings is 1. The third kappa shape index (κ3) is 4.72. The van der Waals surface area contributed by atoms with Gasteiger partial charge in [-0.15, -0.1) is 15.7 Å². The van der Waals surface area contributed by atoms with E-state index in [2.05, 4.69) is 15.0 Å². The number of hydrogen-bond acceptors (Lipinski definition) is 8. The first kappa shape index (κ1) is 26.0. The largest absolute Gasteiger partial charge is 0.506 e. The van der Waals surface area contributed by atoms with Crippen LogP contribution in [0.15, 0.2) is 74.1 Å². The van der Waals surface area contributed by atoms with Gasteiger partial charge in [-0.3, -0.25) is 4.79 Å². The SMILES string of the molecule is O=C(NCc1csc2c1S(=O)(=O)N=C(c1c(O)c3ccccc3n(Cc3ccccc3)c1=O)N2)N1CCOCC1. The molecule has 11 nitrogen and oxygen atoms in total. The molecule has 2 aliphatic heterocycles. The number of nitrogens with one attached hydrogen (secondary N) is 2. The minimum atomic E-state index is -4.27. The summed E-state index contributed by atoms with van der Waals surface area (Å²) >= 11 is 1.12. The van der Waals surface area contributed by atoms with Crippen molar-refractivity contribution in [3.63, 3.8) is 0 Å². The first-order chi connectivity index (χ1) is 19.3. The monoisotopic (exact) mass is 579 g/mol. The molecule has 6 rings (SSSR count). The number of nitrogens with zero attached hydrogens (tertiary/aromatic N) is 3. The zero-order chi connectivity index (χ0) is 27.9. The first-order valence-electron chi connectivity index (χ1n) is 12.5.